The lowest BCUT2D eigenvalue weighted by Crippen LogP contribution is -2.21. The summed E-state index contributed by atoms with van der Waals surface area (Å²) in [4.78, 5) is 10.8. The van der Waals surface area contributed by atoms with Crippen LogP contribution in [0.25, 0.3) is 0 Å². The van der Waals surface area contributed by atoms with Gasteiger partial charge in [0.1, 0.15) is 6.54 Å². The maximum absolute atomic E-state index is 10.8. The van der Waals surface area contributed by atoms with E-state index in [2.05, 4.69) is 9.84 Å². The van der Waals surface area contributed by atoms with Crippen molar-refractivity contribution < 1.29 is 17.9 Å². The van der Waals surface area contributed by atoms with Crippen LogP contribution in [0.15, 0.2) is 12.4 Å². The van der Waals surface area contributed by atoms with Crippen LogP contribution in [-0.4, -0.2) is 31.3 Å². The molecule has 0 aliphatic heterocycles. The predicted octanol–water partition coefficient (Wildman–Crippen LogP) is -1.33. The first kappa shape index (κ1) is 11.5. The van der Waals surface area contributed by atoms with Gasteiger partial charge in [0.25, 0.3) is 10.2 Å². The molecule has 0 saturated carbocycles. The Morgan fingerprint density at radius 1 is 1.73 bits per heavy atom. The first-order valence-corrected chi connectivity index (χ1v) is 5.35. The monoisotopic (exact) mass is 234 g/mol. The molecule has 0 fully saturated rings. The third-order valence-corrected chi connectivity index (χ3v) is 1.93. The van der Waals surface area contributed by atoms with Gasteiger partial charge in [-0.3, -0.25) is 14.2 Å². The number of rotatable bonds is 4. The molecular formula is C6H10N4O4S. The number of carbonyl (C=O) groups is 1. The molecule has 84 valence electrons. The van der Waals surface area contributed by atoms with Crippen molar-refractivity contribution in [2.24, 2.45) is 5.14 Å². The fraction of sp³-hybridized carbons (Fsp3) is 0.333. The van der Waals surface area contributed by atoms with Crippen LogP contribution in [0.2, 0.25) is 0 Å². The standard InChI is InChI=1S/C6H10N4O4S/c1-14-6(11)4-10-3-5(2-8-10)9-15(7,12)13/h2-3,9H,4H2,1H3,(H2,7,12,13). The number of nitrogens with two attached hydrogens (primary N) is 1. The SMILES string of the molecule is COC(=O)Cn1cc(NS(N)(=O)=O)cn1. The molecule has 1 heterocycles. The molecule has 15 heavy (non-hydrogen) atoms. The lowest BCUT2D eigenvalue weighted by atomic mass is 10.6. The molecule has 0 aliphatic rings. The Labute approximate surface area is 86.2 Å². The van der Waals surface area contributed by atoms with E-state index >= 15 is 0 Å². The summed E-state index contributed by atoms with van der Waals surface area (Å²) >= 11 is 0. The molecule has 0 radical (unpaired) electrons. The fourth-order valence-corrected chi connectivity index (χ4v) is 1.30. The number of aromatic nitrogens is 2. The fourth-order valence-electron chi connectivity index (χ4n) is 0.864. The van der Waals surface area contributed by atoms with Crippen LogP contribution in [0, 0.1) is 0 Å². The van der Waals surface area contributed by atoms with Gasteiger partial charge in [0, 0.05) is 6.20 Å². The van der Waals surface area contributed by atoms with Gasteiger partial charge in [-0.25, -0.2) is 5.14 Å². The largest absolute Gasteiger partial charge is 0.468 e. The Bertz CT molecular complexity index is 451. The van der Waals surface area contributed by atoms with Crippen LogP contribution in [0.4, 0.5) is 5.69 Å². The van der Waals surface area contributed by atoms with Crippen molar-refractivity contribution in [2.45, 2.75) is 6.54 Å². The summed E-state index contributed by atoms with van der Waals surface area (Å²) in [5.41, 5.74) is 0.182. The number of ether oxygens (including phenoxy) is 1. The molecule has 0 saturated heterocycles. The van der Waals surface area contributed by atoms with Gasteiger partial charge in [0.2, 0.25) is 0 Å². The smallest absolute Gasteiger partial charge is 0.327 e. The Hall–Kier alpha value is -1.61. The second-order valence-electron chi connectivity index (χ2n) is 2.65. The highest BCUT2D eigenvalue weighted by molar-refractivity contribution is 7.90. The molecule has 0 aromatic carbocycles. The highest BCUT2D eigenvalue weighted by Crippen LogP contribution is 2.05. The summed E-state index contributed by atoms with van der Waals surface area (Å²) < 4.78 is 28.9. The van der Waals surface area contributed by atoms with Crippen molar-refractivity contribution in [1.82, 2.24) is 9.78 Å². The number of hydrogen-bond donors (Lipinski definition) is 2. The quantitative estimate of drug-likeness (QED) is 0.626. The van der Waals surface area contributed by atoms with Gasteiger partial charge in [0.15, 0.2) is 0 Å². The third-order valence-electron chi connectivity index (χ3n) is 1.41. The van der Waals surface area contributed by atoms with Crippen LogP contribution in [-0.2, 0) is 26.3 Å². The number of anilines is 1. The lowest BCUT2D eigenvalue weighted by Gasteiger charge is -1.99. The summed E-state index contributed by atoms with van der Waals surface area (Å²) in [7, 11) is -2.57. The van der Waals surface area contributed by atoms with Gasteiger partial charge >= 0.3 is 5.97 Å². The van der Waals surface area contributed by atoms with Crippen molar-refractivity contribution in [1.29, 1.82) is 0 Å². The lowest BCUT2D eigenvalue weighted by molar-refractivity contribution is -0.141. The van der Waals surface area contributed by atoms with Crippen LogP contribution in [0.3, 0.4) is 0 Å². The molecule has 0 unspecified atom stereocenters. The zero-order chi connectivity index (χ0) is 11.5. The van der Waals surface area contributed by atoms with E-state index in [0.717, 1.165) is 0 Å². The summed E-state index contributed by atoms with van der Waals surface area (Å²) in [6.45, 7) is -0.0944. The van der Waals surface area contributed by atoms with Gasteiger partial charge in [-0.05, 0) is 0 Å². The van der Waals surface area contributed by atoms with E-state index in [1.165, 1.54) is 24.2 Å². The number of carbonyl (C=O) groups excluding carboxylic acids is 1. The van der Waals surface area contributed by atoms with Crippen molar-refractivity contribution in [3.63, 3.8) is 0 Å². The van der Waals surface area contributed by atoms with Crippen molar-refractivity contribution >= 4 is 21.9 Å². The maximum Gasteiger partial charge on any atom is 0.327 e. The molecule has 1 aromatic heterocycles. The number of methoxy groups -OCH3 is 1. The minimum Gasteiger partial charge on any atom is -0.468 e. The summed E-state index contributed by atoms with van der Waals surface area (Å²) in [6, 6.07) is 0. The average Bonchev–Trinajstić information content (AvgIpc) is 2.49. The average molecular weight is 234 g/mol. The molecule has 0 atom stereocenters. The molecule has 0 aliphatic carbocycles. The highest BCUT2D eigenvalue weighted by Gasteiger charge is 2.07. The van der Waals surface area contributed by atoms with E-state index in [-0.39, 0.29) is 12.2 Å². The van der Waals surface area contributed by atoms with Crippen LogP contribution in [0.5, 0.6) is 0 Å². The Morgan fingerprint density at radius 3 is 2.93 bits per heavy atom. The topological polar surface area (TPSA) is 116 Å². The maximum atomic E-state index is 10.8. The molecular weight excluding hydrogens is 224 g/mol. The van der Waals surface area contributed by atoms with Crippen molar-refractivity contribution in [3.05, 3.63) is 12.4 Å². The van der Waals surface area contributed by atoms with Crippen molar-refractivity contribution in [2.75, 3.05) is 11.8 Å². The van der Waals surface area contributed by atoms with Crippen LogP contribution >= 0.6 is 0 Å². The molecule has 3 N–H and O–H groups in total. The summed E-state index contributed by atoms with van der Waals surface area (Å²) in [6.07, 6.45) is 2.55. The molecule has 9 heteroatoms. The third kappa shape index (κ3) is 3.95. The van der Waals surface area contributed by atoms with Crippen LogP contribution in [0.1, 0.15) is 0 Å². The molecule has 1 rings (SSSR count). The molecule has 0 bridgehead atoms. The van der Waals surface area contributed by atoms with Gasteiger partial charge in [0.05, 0.1) is 19.0 Å². The van der Waals surface area contributed by atoms with Gasteiger partial charge in [-0.15, -0.1) is 0 Å². The minimum absolute atomic E-state index is 0.0944. The highest BCUT2D eigenvalue weighted by atomic mass is 32.2. The van der Waals surface area contributed by atoms with E-state index in [1.807, 2.05) is 4.72 Å². The number of hydrogen-bond acceptors (Lipinski definition) is 5. The molecule has 0 amide bonds. The Kier molecular flexibility index (Phi) is 3.27. The second kappa shape index (κ2) is 4.28. The summed E-state index contributed by atoms with van der Waals surface area (Å²) in [5.74, 6) is -0.486. The zero-order valence-electron chi connectivity index (χ0n) is 7.87. The first-order valence-electron chi connectivity index (χ1n) is 3.80. The molecule has 1 aromatic rings. The van der Waals surface area contributed by atoms with E-state index in [1.54, 1.807) is 0 Å². The van der Waals surface area contributed by atoms with E-state index < -0.39 is 16.2 Å². The zero-order valence-corrected chi connectivity index (χ0v) is 8.69. The van der Waals surface area contributed by atoms with E-state index in [4.69, 9.17) is 5.14 Å². The number of esters is 1. The van der Waals surface area contributed by atoms with Gasteiger partial charge in [-0.2, -0.15) is 13.5 Å². The predicted molar refractivity (Wildman–Crippen MR) is 51.0 cm³/mol. The molecule has 8 nitrogen and oxygen atoms in total. The van der Waals surface area contributed by atoms with E-state index in [9.17, 15) is 13.2 Å². The number of nitrogens with zero attached hydrogens (tertiary/aromatic N) is 2. The second-order valence-corrected chi connectivity index (χ2v) is 3.94. The first-order chi connectivity index (χ1) is 6.90. The van der Waals surface area contributed by atoms with Crippen molar-refractivity contribution in [3.8, 4) is 0 Å². The van der Waals surface area contributed by atoms with Gasteiger partial charge < -0.3 is 4.74 Å². The molecule has 0 spiro atoms. The Balaban J connectivity index is 2.69. The van der Waals surface area contributed by atoms with E-state index in [0.29, 0.717) is 0 Å². The summed E-state index contributed by atoms with van der Waals surface area (Å²) in [5, 5.41) is 8.46. The minimum atomic E-state index is -3.82. The van der Waals surface area contributed by atoms with Crippen LogP contribution < -0.4 is 9.86 Å². The normalized spacial score (nSPS) is 11.1. The Morgan fingerprint density at radius 2 is 2.40 bits per heavy atom. The van der Waals surface area contributed by atoms with Gasteiger partial charge in [-0.1, -0.05) is 0 Å². The number of nitrogens with one attached hydrogen (secondary N) is 1.